The van der Waals surface area contributed by atoms with Crippen molar-refractivity contribution in [3.8, 4) is 11.8 Å². The molecule has 0 aliphatic heterocycles. The number of carbonyl (C=O) groups is 1. The normalized spacial score (nSPS) is 13.2. The minimum Gasteiger partial charge on any atom is -0.465 e. The first-order valence-electron chi connectivity index (χ1n) is 9.52. The third kappa shape index (κ3) is 6.65. The Hall–Kier alpha value is -3.29. The molecule has 0 spiro atoms. The van der Waals surface area contributed by atoms with E-state index in [9.17, 15) is 10.1 Å². The fourth-order valence-corrected chi connectivity index (χ4v) is 3.00. The summed E-state index contributed by atoms with van der Waals surface area (Å²) in [6, 6.07) is 16.0. The van der Waals surface area contributed by atoms with Gasteiger partial charge in [-0.2, -0.15) is 5.26 Å². The van der Waals surface area contributed by atoms with Crippen molar-refractivity contribution >= 4 is 17.6 Å². The number of hydrogen-bond donors (Lipinski definition) is 0. The van der Waals surface area contributed by atoms with Crippen molar-refractivity contribution in [2.24, 2.45) is 5.92 Å². The van der Waals surface area contributed by atoms with Crippen molar-refractivity contribution in [2.45, 2.75) is 25.9 Å². The molecule has 0 bridgehead atoms. The molecule has 0 fully saturated rings. The van der Waals surface area contributed by atoms with E-state index in [0.717, 1.165) is 5.56 Å². The van der Waals surface area contributed by atoms with Gasteiger partial charge in [-0.15, -0.1) is 0 Å². The Morgan fingerprint density at radius 1 is 1.10 bits per heavy atom. The average molecular weight is 422 g/mol. The van der Waals surface area contributed by atoms with Crippen LogP contribution in [0.3, 0.4) is 0 Å². The molecule has 0 N–H and O–H groups in total. The number of carbonyl (C=O) groups excluding carboxylic acids is 1. The second-order valence-corrected chi connectivity index (χ2v) is 7.30. The summed E-state index contributed by atoms with van der Waals surface area (Å²) in [5.74, 6) is -0.441. The van der Waals surface area contributed by atoms with E-state index in [0.29, 0.717) is 16.3 Å². The van der Waals surface area contributed by atoms with Crippen molar-refractivity contribution in [1.82, 2.24) is 0 Å². The highest BCUT2D eigenvalue weighted by atomic mass is 35.5. The second kappa shape index (κ2) is 11.6. The molecular weight excluding hydrogens is 398 g/mol. The molecule has 0 amide bonds. The maximum absolute atomic E-state index is 12.9. The van der Waals surface area contributed by atoms with E-state index >= 15 is 0 Å². The van der Waals surface area contributed by atoms with Crippen LogP contribution in [0.25, 0.3) is 0 Å². The van der Waals surface area contributed by atoms with Crippen molar-refractivity contribution in [2.75, 3.05) is 0 Å². The largest absolute Gasteiger partial charge is 0.465 e. The fourth-order valence-electron chi connectivity index (χ4n) is 2.88. The SMILES string of the molecule is C=C/C=C\C=C\Oc1cccc(C(C#N)OC(=O)C(c2ccc(Cl)cc2)C(C)C)c1. The summed E-state index contributed by atoms with van der Waals surface area (Å²) in [4.78, 5) is 12.9. The number of esters is 1. The number of hydrogen-bond acceptors (Lipinski definition) is 4. The van der Waals surface area contributed by atoms with Crippen LogP contribution in [0.2, 0.25) is 5.02 Å². The number of nitriles is 1. The first kappa shape index (κ1) is 23.0. The molecule has 0 heterocycles. The molecule has 154 valence electrons. The van der Waals surface area contributed by atoms with Gasteiger partial charge in [0.05, 0.1) is 12.2 Å². The quantitative estimate of drug-likeness (QED) is 0.262. The molecule has 0 aliphatic rings. The van der Waals surface area contributed by atoms with E-state index in [4.69, 9.17) is 21.1 Å². The lowest BCUT2D eigenvalue weighted by molar-refractivity contribution is -0.150. The van der Waals surface area contributed by atoms with Crippen LogP contribution in [0.4, 0.5) is 0 Å². The molecule has 0 aromatic heterocycles. The van der Waals surface area contributed by atoms with E-state index in [-0.39, 0.29) is 5.92 Å². The smallest absolute Gasteiger partial charge is 0.315 e. The Bertz CT molecular complexity index is 955. The molecule has 2 unspecified atom stereocenters. The van der Waals surface area contributed by atoms with Gasteiger partial charge in [0.2, 0.25) is 6.10 Å². The summed E-state index contributed by atoms with van der Waals surface area (Å²) in [6.07, 6.45) is 7.40. The van der Waals surface area contributed by atoms with E-state index in [2.05, 4.69) is 12.6 Å². The van der Waals surface area contributed by atoms with Gasteiger partial charge in [0.1, 0.15) is 11.8 Å². The monoisotopic (exact) mass is 421 g/mol. The molecule has 2 atom stereocenters. The summed E-state index contributed by atoms with van der Waals surface area (Å²) in [6.45, 7) is 7.46. The maximum atomic E-state index is 12.9. The van der Waals surface area contributed by atoms with Gasteiger partial charge in [0.15, 0.2) is 0 Å². The summed E-state index contributed by atoms with van der Waals surface area (Å²) < 4.78 is 11.1. The van der Waals surface area contributed by atoms with Gasteiger partial charge in [-0.3, -0.25) is 4.79 Å². The van der Waals surface area contributed by atoms with E-state index in [1.54, 1.807) is 72.8 Å². The Balaban J connectivity index is 2.16. The molecule has 2 aromatic carbocycles. The van der Waals surface area contributed by atoms with Gasteiger partial charge in [0, 0.05) is 10.6 Å². The lowest BCUT2D eigenvalue weighted by Gasteiger charge is -2.22. The second-order valence-electron chi connectivity index (χ2n) is 6.86. The van der Waals surface area contributed by atoms with Crippen LogP contribution in [0, 0.1) is 17.2 Å². The molecule has 5 heteroatoms. The first-order chi connectivity index (χ1) is 14.5. The number of rotatable bonds is 9. The summed E-state index contributed by atoms with van der Waals surface area (Å²) in [7, 11) is 0. The van der Waals surface area contributed by atoms with Crippen LogP contribution in [-0.2, 0) is 9.53 Å². The lowest BCUT2D eigenvalue weighted by atomic mass is 9.88. The molecule has 0 saturated carbocycles. The van der Waals surface area contributed by atoms with Crippen molar-refractivity contribution < 1.29 is 14.3 Å². The fraction of sp³-hybridized carbons (Fsp3) is 0.200. The Labute approximate surface area is 182 Å². The van der Waals surface area contributed by atoms with E-state index in [1.807, 2.05) is 13.8 Å². The van der Waals surface area contributed by atoms with Gasteiger partial charge in [-0.25, -0.2) is 0 Å². The van der Waals surface area contributed by atoms with Gasteiger partial charge < -0.3 is 9.47 Å². The molecule has 30 heavy (non-hydrogen) atoms. The highest BCUT2D eigenvalue weighted by molar-refractivity contribution is 6.30. The summed E-state index contributed by atoms with van der Waals surface area (Å²) in [5, 5.41) is 10.2. The predicted octanol–water partition coefficient (Wildman–Crippen LogP) is 6.52. The zero-order valence-corrected chi connectivity index (χ0v) is 17.8. The zero-order chi connectivity index (χ0) is 21.9. The zero-order valence-electron chi connectivity index (χ0n) is 17.0. The Morgan fingerprint density at radius 3 is 2.47 bits per heavy atom. The van der Waals surface area contributed by atoms with Gasteiger partial charge in [-0.1, -0.05) is 74.5 Å². The Kier molecular flexibility index (Phi) is 8.93. The molecular formula is C25H24ClNO3. The van der Waals surface area contributed by atoms with Crippen LogP contribution >= 0.6 is 11.6 Å². The van der Waals surface area contributed by atoms with Crippen LogP contribution in [0.5, 0.6) is 5.75 Å². The highest BCUT2D eigenvalue weighted by Crippen LogP contribution is 2.30. The van der Waals surface area contributed by atoms with Gasteiger partial charge in [-0.05, 0) is 41.8 Å². The Morgan fingerprint density at radius 2 is 1.83 bits per heavy atom. The molecule has 2 rings (SSSR count). The third-order valence-corrected chi connectivity index (χ3v) is 4.55. The third-order valence-electron chi connectivity index (χ3n) is 4.30. The van der Waals surface area contributed by atoms with Gasteiger partial charge >= 0.3 is 5.97 Å². The molecule has 0 saturated heterocycles. The average Bonchev–Trinajstić information content (AvgIpc) is 2.73. The molecule has 0 aliphatic carbocycles. The van der Waals surface area contributed by atoms with E-state index < -0.39 is 18.0 Å². The van der Waals surface area contributed by atoms with E-state index in [1.165, 1.54) is 6.26 Å². The molecule has 4 nitrogen and oxygen atoms in total. The molecule has 0 radical (unpaired) electrons. The lowest BCUT2D eigenvalue weighted by Crippen LogP contribution is -2.22. The topological polar surface area (TPSA) is 59.3 Å². The van der Waals surface area contributed by atoms with Crippen molar-refractivity contribution in [1.29, 1.82) is 5.26 Å². The van der Waals surface area contributed by atoms with Gasteiger partial charge in [0.25, 0.3) is 0 Å². The van der Waals surface area contributed by atoms with Crippen LogP contribution < -0.4 is 4.74 Å². The van der Waals surface area contributed by atoms with Crippen LogP contribution in [0.15, 0.2) is 85.7 Å². The van der Waals surface area contributed by atoms with Crippen LogP contribution in [-0.4, -0.2) is 5.97 Å². The number of halogens is 1. The molecule has 2 aromatic rings. The maximum Gasteiger partial charge on any atom is 0.315 e. The number of nitrogens with zero attached hydrogens (tertiary/aromatic N) is 1. The first-order valence-corrected chi connectivity index (χ1v) is 9.90. The minimum atomic E-state index is -1.04. The predicted molar refractivity (Wildman–Crippen MR) is 119 cm³/mol. The van der Waals surface area contributed by atoms with Crippen molar-refractivity contribution in [3.05, 3.63) is 102 Å². The number of ether oxygens (including phenoxy) is 2. The number of allylic oxidation sites excluding steroid dienone is 4. The van der Waals surface area contributed by atoms with Crippen molar-refractivity contribution in [3.63, 3.8) is 0 Å². The standard InChI is InChI=1S/C25H24ClNO3/c1-4-5-6-7-15-29-22-10-8-9-20(16-22)23(17-27)30-25(28)24(18(2)3)19-11-13-21(26)14-12-19/h4-16,18,23-24H,1H2,2-3H3/b6-5-,15-7+. The number of benzene rings is 2. The highest BCUT2D eigenvalue weighted by Gasteiger charge is 2.28. The minimum absolute atomic E-state index is 0.0126. The summed E-state index contributed by atoms with van der Waals surface area (Å²) >= 11 is 5.95. The summed E-state index contributed by atoms with van der Waals surface area (Å²) in [5.41, 5.74) is 1.34. The van der Waals surface area contributed by atoms with Crippen LogP contribution in [0.1, 0.15) is 37.0 Å².